The van der Waals surface area contributed by atoms with E-state index in [4.69, 9.17) is 11.5 Å². The van der Waals surface area contributed by atoms with E-state index in [1.165, 1.54) is 5.56 Å². The summed E-state index contributed by atoms with van der Waals surface area (Å²) >= 11 is 0. The highest BCUT2D eigenvalue weighted by molar-refractivity contribution is 6.08. The third kappa shape index (κ3) is 3.40. The molecule has 4 rings (SSSR count). The number of nitrogens with two attached hydrogens (primary N) is 2. The Bertz CT molecular complexity index is 1280. The minimum absolute atomic E-state index is 0.385. The van der Waals surface area contributed by atoms with Crippen molar-refractivity contribution in [3.05, 3.63) is 76.0 Å². The summed E-state index contributed by atoms with van der Waals surface area (Å²) in [5.41, 5.74) is 19.4. The smallest absolute Gasteiger partial charge is 0.248 e. The summed E-state index contributed by atoms with van der Waals surface area (Å²) in [6.45, 7) is 6.03. The number of carbonyl (C=O) groups excluding carboxylic acids is 1. The van der Waals surface area contributed by atoms with Crippen LogP contribution in [-0.2, 0) is 12.8 Å². The van der Waals surface area contributed by atoms with Crippen LogP contribution < -0.4 is 11.5 Å². The average molecular weight is 384 g/mol. The largest absolute Gasteiger partial charge is 0.382 e. The van der Waals surface area contributed by atoms with Crippen molar-refractivity contribution in [2.75, 3.05) is 5.73 Å². The Kier molecular flexibility index (Phi) is 4.66. The zero-order valence-electron chi connectivity index (χ0n) is 16.9. The Morgan fingerprint density at radius 3 is 2.52 bits per heavy atom. The number of rotatable bonds is 4. The Morgan fingerprint density at radius 2 is 1.76 bits per heavy atom. The van der Waals surface area contributed by atoms with E-state index in [0.717, 1.165) is 56.9 Å². The van der Waals surface area contributed by atoms with Crippen LogP contribution in [-0.4, -0.2) is 15.9 Å². The van der Waals surface area contributed by atoms with Crippen molar-refractivity contribution < 1.29 is 4.79 Å². The highest BCUT2D eigenvalue weighted by Gasteiger charge is 2.12. The molecule has 0 bridgehead atoms. The Morgan fingerprint density at radius 1 is 0.966 bits per heavy atom. The number of primary amides is 1. The molecule has 0 atom stereocenters. The zero-order valence-corrected chi connectivity index (χ0v) is 16.9. The van der Waals surface area contributed by atoms with E-state index in [0.29, 0.717) is 11.4 Å². The van der Waals surface area contributed by atoms with E-state index in [1.54, 1.807) is 0 Å². The summed E-state index contributed by atoms with van der Waals surface area (Å²) < 4.78 is 0. The van der Waals surface area contributed by atoms with E-state index in [1.807, 2.05) is 45.2 Å². The van der Waals surface area contributed by atoms with Crippen molar-refractivity contribution in [2.45, 2.75) is 33.6 Å². The number of hydrogen-bond acceptors (Lipinski definition) is 4. The quantitative estimate of drug-likeness (QED) is 0.516. The molecule has 0 spiro atoms. The SMILES string of the molecule is Cc1ccc2c(c1)nc(N)c1ncc(CCc3ccc(C(N)=O)c(C)c3C)cc12. The minimum Gasteiger partial charge on any atom is -0.382 e. The molecular formula is C24H24N4O. The number of hydrogen-bond donors (Lipinski definition) is 2. The van der Waals surface area contributed by atoms with E-state index < -0.39 is 0 Å². The number of aryl methyl sites for hydroxylation is 3. The number of aromatic nitrogens is 2. The average Bonchev–Trinajstić information content (AvgIpc) is 2.68. The molecule has 4 aromatic rings. The monoisotopic (exact) mass is 384 g/mol. The summed E-state index contributed by atoms with van der Waals surface area (Å²) in [4.78, 5) is 20.6. The second kappa shape index (κ2) is 7.17. The minimum atomic E-state index is -0.385. The molecule has 2 aromatic heterocycles. The van der Waals surface area contributed by atoms with Crippen molar-refractivity contribution in [3.63, 3.8) is 0 Å². The standard InChI is InChI=1S/C24H24N4O/c1-13-4-8-19-20-11-16(12-27-22(20)23(25)28-21(19)10-13)5-6-17-7-9-18(24(26)29)15(3)14(17)2/h4,7-12H,5-6H2,1-3H3,(H2,25,28)(H2,26,29). The Balaban J connectivity index is 1.70. The van der Waals surface area contributed by atoms with E-state index >= 15 is 0 Å². The predicted octanol–water partition coefficient (Wildman–Crippen LogP) is 4.17. The van der Waals surface area contributed by atoms with Gasteiger partial charge in [0.2, 0.25) is 5.91 Å². The molecule has 146 valence electrons. The van der Waals surface area contributed by atoms with Gasteiger partial charge >= 0.3 is 0 Å². The molecule has 0 aliphatic carbocycles. The van der Waals surface area contributed by atoms with Crippen LogP contribution in [0.3, 0.4) is 0 Å². The first-order chi connectivity index (χ1) is 13.8. The van der Waals surface area contributed by atoms with E-state index in [9.17, 15) is 4.79 Å². The van der Waals surface area contributed by atoms with Crippen molar-refractivity contribution >= 4 is 33.5 Å². The van der Waals surface area contributed by atoms with Crippen molar-refractivity contribution in [1.82, 2.24) is 9.97 Å². The molecule has 0 radical (unpaired) electrons. The van der Waals surface area contributed by atoms with Crippen LogP contribution in [0.15, 0.2) is 42.6 Å². The summed E-state index contributed by atoms with van der Waals surface area (Å²) in [6, 6.07) is 12.2. The van der Waals surface area contributed by atoms with Gasteiger partial charge in [0.05, 0.1) is 5.52 Å². The molecule has 5 nitrogen and oxygen atoms in total. The van der Waals surface area contributed by atoms with E-state index in [2.05, 4.69) is 28.2 Å². The summed E-state index contributed by atoms with van der Waals surface area (Å²) in [6.07, 6.45) is 3.57. The first-order valence-corrected chi connectivity index (χ1v) is 9.68. The highest BCUT2D eigenvalue weighted by Crippen LogP contribution is 2.28. The number of pyridine rings is 2. The normalized spacial score (nSPS) is 11.3. The third-order valence-electron chi connectivity index (χ3n) is 5.72. The molecule has 29 heavy (non-hydrogen) atoms. The number of amides is 1. The number of nitrogen functional groups attached to an aromatic ring is 1. The van der Waals surface area contributed by atoms with Crippen molar-refractivity contribution in [3.8, 4) is 0 Å². The maximum Gasteiger partial charge on any atom is 0.248 e. The van der Waals surface area contributed by atoms with Crippen molar-refractivity contribution in [2.24, 2.45) is 5.73 Å². The van der Waals surface area contributed by atoms with Gasteiger partial charge in [-0.05, 0) is 79.6 Å². The maximum absolute atomic E-state index is 11.5. The number of benzene rings is 2. The number of fused-ring (bicyclic) bond motifs is 3. The lowest BCUT2D eigenvalue weighted by molar-refractivity contribution is 0.0999. The molecule has 2 aromatic carbocycles. The molecule has 0 aliphatic rings. The fourth-order valence-corrected chi connectivity index (χ4v) is 3.89. The van der Waals surface area contributed by atoms with Gasteiger partial charge in [-0.15, -0.1) is 0 Å². The number of carbonyl (C=O) groups is 1. The van der Waals surface area contributed by atoms with Gasteiger partial charge in [-0.25, -0.2) is 4.98 Å². The van der Waals surface area contributed by atoms with Crippen LogP contribution in [0.25, 0.3) is 21.8 Å². The first-order valence-electron chi connectivity index (χ1n) is 9.68. The molecule has 2 heterocycles. The van der Waals surface area contributed by atoms with Gasteiger partial charge in [-0.1, -0.05) is 18.2 Å². The predicted molar refractivity (Wildman–Crippen MR) is 118 cm³/mol. The summed E-state index contributed by atoms with van der Waals surface area (Å²) in [5.74, 6) is 0.0716. The molecule has 0 unspecified atom stereocenters. The fourth-order valence-electron chi connectivity index (χ4n) is 3.89. The first kappa shape index (κ1) is 18.9. The van der Waals surface area contributed by atoms with Gasteiger partial charge in [0, 0.05) is 22.5 Å². The lowest BCUT2D eigenvalue weighted by Gasteiger charge is -2.12. The Hall–Kier alpha value is -3.47. The van der Waals surface area contributed by atoms with Crippen LogP contribution in [0.5, 0.6) is 0 Å². The number of anilines is 1. The van der Waals surface area contributed by atoms with Gasteiger partial charge in [0.1, 0.15) is 5.52 Å². The van der Waals surface area contributed by atoms with Gasteiger partial charge < -0.3 is 11.5 Å². The fraction of sp³-hybridized carbons (Fsp3) is 0.208. The highest BCUT2D eigenvalue weighted by atomic mass is 16.1. The molecule has 0 fully saturated rings. The molecule has 5 heteroatoms. The van der Waals surface area contributed by atoms with Crippen molar-refractivity contribution in [1.29, 1.82) is 0 Å². The van der Waals surface area contributed by atoms with Crippen LogP contribution in [0.2, 0.25) is 0 Å². The Labute approximate surface area is 169 Å². The van der Waals surface area contributed by atoms with Gasteiger partial charge in [0.15, 0.2) is 5.82 Å². The van der Waals surface area contributed by atoms with Crippen LogP contribution in [0.4, 0.5) is 5.82 Å². The van der Waals surface area contributed by atoms with Gasteiger partial charge in [-0.2, -0.15) is 0 Å². The van der Waals surface area contributed by atoms with Crippen LogP contribution >= 0.6 is 0 Å². The zero-order chi connectivity index (χ0) is 20.7. The lowest BCUT2D eigenvalue weighted by Crippen LogP contribution is -2.14. The second-order valence-electron chi connectivity index (χ2n) is 7.64. The molecule has 4 N–H and O–H groups in total. The van der Waals surface area contributed by atoms with Crippen LogP contribution in [0.1, 0.15) is 38.2 Å². The number of nitrogens with zero attached hydrogens (tertiary/aromatic N) is 2. The summed E-state index contributed by atoms with van der Waals surface area (Å²) in [7, 11) is 0. The topological polar surface area (TPSA) is 94.9 Å². The lowest BCUT2D eigenvalue weighted by atomic mass is 9.94. The van der Waals surface area contributed by atoms with Gasteiger partial charge in [-0.3, -0.25) is 9.78 Å². The maximum atomic E-state index is 11.5. The molecule has 1 amide bonds. The second-order valence-corrected chi connectivity index (χ2v) is 7.64. The molecule has 0 aliphatic heterocycles. The van der Waals surface area contributed by atoms with Crippen LogP contribution in [0, 0.1) is 20.8 Å². The molecular weight excluding hydrogens is 360 g/mol. The molecule has 0 saturated carbocycles. The third-order valence-corrected chi connectivity index (χ3v) is 5.72. The van der Waals surface area contributed by atoms with E-state index in [-0.39, 0.29) is 5.91 Å². The summed E-state index contributed by atoms with van der Waals surface area (Å²) in [5, 5.41) is 2.09. The molecule has 0 saturated heterocycles. The van der Waals surface area contributed by atoms with Gasteiger partial charge in [0.25, 0.3) is 0 Å².